The van der Waals surface area contributed by atoms with E-state index in [4.69, 9.17) is 0 Å². The summed E-state index contributed by atoms with van der Waals surface area (Å²) in [7, 11) is 0. The van der Waals surface area contributed by atoms with Crippen molar-refractivity contribution in [3.63, 3.8) is 0 Å². The van der Waals surface area contributed by atoms with Crippen molar-refractivity contribution in [3.05, 3.63) is 63.6 Å². The van der Waals surface area contributed by atoms with Gasteiger partial charge in [-0.2, -0.15) is 0 Å². The Kier molecular flexibility index (Phi) is 3.72. The van der Waals surface area contributed by atoms with Crippen molar-refractivity contribution < 1.29 is 4.79 Å². The smallest absolute Gasteiger partial charge is 0.265 e. The van der Waals surface area contributed by atoms with Crippen molar-refractivity contribution in [3.8, 4) is 11.8 Å². The van der Waals surface area contributed by atoms with Crippen LogP contribution in [0.15, 0.2) is 48.2 Å². The average molecular weight is 320 g/mol. The second-order valence-electron chi connectivity index (χ2n) is 5.88. The molecule has 0 N–H and O–H groups in total. The molecule has 1 aromatic heterocycles. The number of likely N-dealkylation sites (tertiary alicyclic amines) is 1. The Bertz CT molecular complexity index is 826. The fourth-order valence-electron chi connectivity index (χ4n) is 3.16. The number of amides is 1. The number of fused-ring (bicyclic) bond motifs is 1. The predicted molar refractivity (Wildman–Crippen MR) is 91.2 cm³/mol. The van der Waals surface area contributed by atoms with Gasteiger partial charge >= 0.3 is 0 Å². The summed E-state index contributed by atoms with van der Waals surface area (Å²) in [6.45, 7) is 1.64. The zero-order valence-corrected chi connectivity index (χ0v) is 13.5. The van der Waals surface area contributed by atoms with E-state index in [1.165, 1.54) is 29.8 Å². The molecule has 0 bridgehead atoms. The average Bonchev–Trinajstić information content (AvgIpc) is 3.28. The van der Waals surface area contributed by atoms with Crippen LogP contribution < -0.4 is 0 Å². The number of nitrogens with zero attached hydrogens (tertiary/aromatic N) is 2. The number of benzene rings is 1. The number of hydrogen-bond donors (Lipinski definition) is 0. The summed E-state index contributed by atoms with van der Waals surface area (Å²) >= 11 is 1.38. The molecule has 1 aliphatic carbocycles. The van der Waals surface area contributed by atoms with Gasteiger partial charge in [0.25, 0.3) is 5.91 Å². The molecular weight excluding hydrogens is 304 g/mol. The van der Waals surface area contributed by atoms with Crippen molar-refractivity contribution in [2.45, 2.75) is 12.8 Å². The molecule has 2 aliphatic rings. The minimum atomic E-state index is 0.0885. The number of hydrogen-bond acceptors (Lipinski definition) is 3. The lowest BCUT2D eigenvalue weighted by Crippen LogP contribution is -2.28. The first kappa shape index (κ1) is 14.2. The van der Waals surface area contributed by atoms with E-state index in [2.05, 4.69) is 22.9 Å². The van der Waals surface area contributed by atoms with Gasteiger partial charge in [-0.15, -0.1) is 11.3 Å². The van der Waals surface area contributed by atoms with Crippen LogP contribution in [0, 0.1) is 17.8 Å². The highest BCUT2D eigenvalue weighted by atomic mass is 32.1. The minimum Gasteiger partial charge on any atom is -0.333 e. The molecular formula is C19H16N2OS. The molecule has 4 rings (SSSR count). The van der Waals surface area contributed by atoms with Crippen LogP contribution in [0.2, 0.25) is 0 Å². The van der Waals surface area contributed by atoms with Crippen molar-refractivity contribution in [1.29, 1.82) is 0 Å². The monoisotopic (exact) mass is 320 g/mol. The van der Waals surface area contributed by atoms with Crippen molar-refractivity contribution in [2.75, 3.05) is 13.1 Å². The normalized spacial score (nSPS) is 19.0. The van der Waals surface area contributed by atoms with Gasteiger partial charge in [-0.1, -0.05) is 30.2 Å². The van der Waals surface area contributed by atoms with E-state index in [1.54, 1.807) is 6.20 Å². The van der Waals surface area contributed by atoms with Gasteiger partial charge in [-0.25, -0.2) is 4.98 Å². The van der Waals surface area contributed by atoms with Crippen LogP contribution in [-0.4, -0.2) is 28.9 Å². The van der Waals surface area contributed by atoms with E-state index in [0.717, 1.165) is 18.7 Å². The molecule has 1 fully saturated rings. The summed E-state index contributed by atoms with van der Waals surface area (Å²) in [5.74, 6) is 6.80. The number of aromatic nitrogens is 1. The molecule has 23 heavy (non-hydrogen) atoms. The molecule has 0 saturated carbocycles. The lowest BCUT2D eigenvalue weighted by atomic mass is 10.1. The second-order valence-corrected chi connectivity index (χ2v) is 6.92. The topological polar surface area (TPSA) is 33.2 Å². The first-order valence-electron chi connectivity index (χ1n) is 7.81. The number of rotatable bonds is 1. The van der Waals surface area contributed by atoms with Gasteiger partial charge in [0.15, 0.2) is 5.01 Å². The molecule has 1 amide bonds. The van der Waals surface area contributed by atoms with Crippen LogP contribution in [-0.2, 0) is 0 Å². The summed E-state index contributed by atoms with van der Waals surface area (Å²) in [5, 5.41) is 0.691. The molecule has 3 nitrogen and oxygen atoms in total. The third-order valence-electron chi connectivity index (χ3n) is 4.35. The van der Waals surface area contributed by atoms with Crippen molar-refractivity contribution in [2.24, 2.45) is 5.92 Å². The highest BCUT2D eigenvalue weighted by Gasteiger charge is 2.33. The number of thiazole rings is 1. The first-order valence-corrected chi connectivity index (χ1v) is 8.62. The van der Waals surface area contributed by atoms with Gasteiger partial charge in [0, 0.05) is 18.7 Å². The van der Waals surface area contributed by atoms with E-state index in [1.807, 2.05) is 35.2 Å². The Morgan fingerprint density at radius 1 is 1.26 bits per heavy atom. The SMILES string of the molecule is O=C(c1cnc(C#Cc2ccccc2)s1)N1CC2=CCCC2C1. The van der Waals surface area contributed by atoms with E-state index in [9.17, 15) is 4.79 Å². The molecule has 1 aliphatic heterocycles. The van der Waals surface area contributed by atoms with Crippen LogP contribution in [0.4, 0.5) is 0 Å². The summed E-state index contributed by atoms with van der Waals surface area (Å²) in [6.07, 6.45) is 6.31. The Hall–Kier alpha value is -2.38. The summed E-state index contributed by atoms with van der Waals surface area (Å²) in [4.78, 5) is 19.5. The van der Waals surface area contributed by atoms with Crippen LogP contribution in [0.5, 0.6) is 0 Å². The number of carbonyl (C=O) groups excluding carboxylic acids is 1. The lowest BCUT2D eigenvalue weighted by molar-refractivity contribution is 0.0792. The minimum absolute atomic E-state index is 0.0885. The van der Waals surface area contributed by atoms with Crippen LogP contribution in [0.1, 0.15) is 33.1 Å². The van der Waals surface area contributed by atoms with Crippen LogP contribution >= 0.6 is 11.3 Å². The number of allylic oxidation sites excluding steroid dienone is 1. The predicted octanol–water partition coefficient (Wildman–Crippen LogP) is 3.34. The quantitative estimate of drug-likeness (QED) is 0.596. The maximum atomic E-state index is 12.6. The Balaban J connectivity index is 1.48. The van der Waals surface area contributed by atoms with Crippen molar-refractivity contribution >= 4 is 17.2 Å². The maximum absolute atomic E-state index is 12.6. The number of carbonyl (C=O) groups is 1. The largest absolute Gasteiger partial charge is 0.333 e. The summed E-state index contributed by atoms with van der Waals surface area (Å²) < 4.78 is 0. The molecule has 0 spiro atoms. The molecule has 1 aromatic carbocycles. The Morgan fingerprint density at radius 3 is 2.96 bits per heavy atom. The summed E-state index contributed by atoms with van der Waals surface area (Å²) in [5.41, 5.74) is 2.39. The molecule has 1 atom stereocenters. The molecule has 0 radical (unpaired) electrons. The fraction of sp³-hybridized carbons (Fsp3) is 0.263. The fourth-order valence-corrected chi connectivity index (χ4v) is 3.90. The second kappa shape index (κ2) is 6.02. The molecule has 1 unspecified atom stereocenters. The molecule has 114 valence electrons. The van der Waals surface area contributed by atoms with E-state index in [0.29, 0.717) is 15.8 Å². The van der Waals surface area contributed by atoms with E-state index in [-0.39, 0.29) is 5.91 Å². The van der Waals surface area contributed by atoms with Gasteiger partial charge in [0.05, 0.1) is 6.20 Å². The Labute approximate surface area is 139 Å². The first-order chi connectivity index (χ1) is 11.3. The summed E-state index contributed by atoms with van der Waals surface area (Å²) in [6, 6.07) is 9.80. The third-order valence-corrected chi connectivity index (χ3v) is 5.25. The zero-order valence-electron chi connectivity index (χ0n) is 12.7. The highest BCUT2D eigenvalue weighted by molar-refractivity contribution is 7.14. The van der Waals surface area contributed by atoms with Crippen molar-refractivity contribution in [1.82, 2.24) is 9.88 Å². The van der Waals surface area contributed by atoms with Gasteiger partial charge in [-0.05, 0) is 42.4 Å². The van der Waals surface area contributed by atoms with E-state index >= 15 is 0 Å². The van der Waals surface area contributed by atoms with E-state index < -0.39 is 0 Å². The standard InChI is InChI=1S/C19H16N2OS/c22-19(21-12-15-7-4-8-16(15)13-21)17-11-20-18(23-17)10-9-14-5-2-1-3-6-14/h1-3,5-7,11,16H,4,8,12-13H2. The maximum Gasteiger partial charge on any atom is 0.265 e. The Morgan fingerprint density at radius 2 is 2.13 bits per heavy atom. The van der Waals surface area contributed by atoms with Gasteiger partial charge in [0.1, 0.15) is 4.88 Å². The van der Waals surface area contributed by atoms with Crippen LogP contribution in [0.3, 0.4) is 0 Å². The molecule has 4 heteroatoms. The molecule has 2 aromatic rings. The molecule has 2 heterocycles. The van der Waals surface area contributed by atoms with Crippen LogP contribution in [0.25, 0.3) is 0 Å². The van der Waals surface area contributed by atoms with Gasteiger partial charge in [0.2, 0.25) is 0 Å². The zero-order chi connectivity index (χ0) is 15.6. The lowest BCUT2D eigenvalue weighted by Gasteiger charge is -2.14. The van der Waals surface area contributed by atoms with Gasteiger partial charge < -0.3 is 4.90 Å². The van der Waals surface area contributed by atoms with Gasteiger partial charge in [-0.3, -0.25) is 4.79 Å². The highest BCUT2D eigenvalue weighted by Crippen LogP contribution is 2.33. The molecule has 1 saturated heterocycles. The third kappa shape index (κ3) is 2.93.